The first-order valence-electron chi connectivity index (χ1n) is 10.9. The van der Waals surface area contributed by atoms with Crippen LogP contribution in [0.3, 0.4) is 0 Å². The molecule has 0 heterocycles. The Morgan fingerprint density at radius 3 is 2.24 bits per heavy atom. The van der Waals surface area contributed by atoms with Gasteiger partial charge in [0.25, 0.3) is 15.9 Å². The van der Waals surface area contributed by atoms with E-state index in [1.807, 2.05) is 44.2 Å². The van der Waals surface area contributed by atoms with Crippen molar-refractivity contribution in [3.63, 3.8) is 0 Å². The number of benzene rings is 3. The Kier molecular flexibility index (Phi) is 8.43. The molecule has 0 unspecified atom stereocenters. The van der Waals surface area contributed by atoms with Crippen LogP contribution in [-0.2, 0) is 21.2 Å². The van der Waals surface area contributed by atoms with E-state index in [1.54, 1.807) is 36.4 Å². The van der Waals surface area contributed by atoms with Gasteiger partial charge in [0.2, 0.25) is 0 Å². The Labute approximate surface area is 201 Å². The third-order valence-electron chi connectivity index (χ3n) is 5.25. The zero-order chi connectivity index (χ0) is 24.6. The summed E-state index contributed by atoms with van der Waals surface area (Å²) in [6, 6.07) is 23.0. The van der Waals surface area contributed by atoms with Crippen LogP contribution < -0.4 is 14.5 Å². The van der Waals surface area contributed by atoms with Crippen molar-refractivity contribution in [2.24, 2.45) is 5.10 Å². The van der Waals surface area contributed by atoms with Gasteiger partial charge in [0.15, 0.2) is 0 Å². The maximum Gasteiger partial charge on any atom is 0.264 e. The molecule has 0 radical (unpaired) electrons. The van der Waals surface area contributed by atoms with Crippen LogP contribution in [0.15, 0.2) is 88.9 Å². The van der Waals surface area contributed by atoms with Crippen molar-refractivity contribution in [2.45, 2.75) is 31.6 Å². The number of sulfonamides is 1. The van der Waals surface area contributed by atoms with Gasteiger partial charge in [-0.3, -0.25) is 9.10 Å². The lowest BCUT2D eigenvalue weighted by atomic mass is 10.1. The molecule has 0 spiro atoms. The van der Waals surface area contributed by atoms with Crippen LogP contribution in [0.25, 0.3) is 0 Å². The van der Waals surface area contributed by atoms with Crippen molar-refractivity contribution < 1.29 is 17.9 Å². The van der Waals surface area contributed by atoms with E-state index in [1.165, 1.54) is 24.8 Å². The maximum atomic E-state index is 13.4. The second-order valence-corrected chi connectivity index (χ2v) is 9.75. The number of hydrogen-bond donors (Lipinski definition) is 1. The van der Waals surface area contributed by atoms with E-state index in [9.17, 15) is 13.2 Å². The molecule has 1 N–H and O–H groups in total. The van der Waals surface area contributed by atoms with Crippen LogP contribution in [0, 0.1) is 6.92 Å². The quantitative estimate of drug-likeness (QED) is 0.346. The lowest BCUT2D eigenvalue weighted by Gasteiger charge is -2.24. The average Bonchev–Trinajstić information content (AvgIpc) is 2.85. The smallest absolute Gasteiger partial charge is 0.264 e. The van der Waals surface area contributed by atoms with Crippen LogP contribution >= 0.6 is 0 Å². The Balaban J connectivity index is 1.76. The van der Waals surface area contributed by atoms with Crippen molar-refractivity contribution in [1.82, 2.24) is 5.43 Å². The minimum atomic E-state index is -3.99. The molecule has 3 aromatic carbocycles. The first-order valence-corrected chi connectivity index (χ1v) is 12.3. The van der Waals surface area contributed by atoms with Gasteiger partial charge < -0.3 is 4.74 Å². The number of anilines is 1. The molecule has 3 rings (SSSR count). The van der Waals surface area contributed by atoms with Gasteiger partial charge >= 0.3 is 0 Å². The first-order chi connectivity index (χ1) is 16.3. The number of carbonyl (C=O) groups is 1. The standard InChI is InChI=1S/C26H29N3O4S/c1-20-9-17-25(18-10-20)34(31,32)29(23-13-15-24(33-3)16-14-23)19-26(30)28-27-21(2)11-12-22-7-5-4-6-8-22/h4-10,13-18H,11-12,19H2,1-3H3,(H,28,30)/b27-21+. The molecule has 3 aromatic rings. The molecular weight excluding hydrogens is 450 g/mol. The predicted molar refractivity (Wildman–Crippen MR) is 135 cm³/mol. The SMILES string of the molecule is COc1ccc(N(CC(=O)N/N=C(\C)CCc2ccccc2)S(=O)(=O)c2ccc(C)cc2)cc1. The fourth-order valence-electron chi connectivity index (χ4n) is 3.25. The normalized spacial score (nSPS) is 11.7. The minimum absolute atomic E-state index is 0.101. The highest BCUT2D eigenvalue weighted by atomic mass is 32.2. The van der Waals surface area contributed by atoms with E-state index in [0.717, 1.165) is 22.0 Å². The molecule has 1 amide bonds. The Hall–Kier alpha value is -3.65. The van der Waals surface area contributed by atoms with Crippen LogP contribution in [0.2, 0.25) is 0 Å². The highest BCUT2D eigenvalue weighted by molar-refractivity contribution is 7.92. The fraction of sp³-hybridized carbons (Fsp3) is 0.231. The second kappa shape index (κ2) is 11.5. The van der Waals surface area contributed by atoms with Crippen LogP contribution in [0.1, 0.15) is 24.5 Å². The molecule has 7 nitrogen and oxygen atoms in total. The summed E-state index contributed by atoms with van der Waals surface area (Å²) in [4.78, 5) is 12.8. The van der Waals surface area contributed by atoms with E-state index in [0.29, 0.717) is 17.9 Å². The molecule has 0 saturated heterocycles. The largest absolute Gasteiger partial charge is 0.497 e. The number of ether oxygens (including phenoxy) is 1. The van der Waals surface area contributed by atoms with Gasteiger partial charge in [0.05, 0.1) is 17.7 Å². The molecule has 8 heteroatoms. The van der Waals surface area contributed by atoms with E-state index >= 15 is 0 Å². The third-order valence-corrected chi connectivity index (χ3v) is 7.03. The number of hydrazone groups is 1. The van der Waals surface area contributed by atoms with E-state index < -0.39 is 22.5 Å². The molecule has 0 aliphatic heterocycles. The average molecular weight is 480 g/mol. The first kappa shape index (κ1) is 25.0. The number of hydrogen-bond acceptors (Lipinski definition) is 5. The lowest BCUT2D eigenvalue weighted by molar-refractivity contribution is -0.119. The third kappa shape index (κ3) is 6.68. The maximum absolute atomic E-state index is 13.4. The van der Waals surface area contributed by atoms with Crippen molar-refractivity contribution in [2.75, 3.05) is 18.0 Å². The summed E-state index contributed by atoms with van der Waals surface area (Å²) in [5.41, 5.74) is 5.70. The van der Waals surface area contributed by atoms with E-state index in [2.05, 4.69) is 10.5 Å². The van der Waals surface area contributed by atoms with Gasteiger partial charge in [-0.1, -0.05) is 48.0 Å². The van der Waals surface area contributed by atoms with Gasteiger partial charge in [-0.05, 0) is 68.7 Å². The fourth-order valence-corrected chi connectivity index (χ4v) is 4.67. The van der Waals surface area contributed by atoms with Crippen molar-refractivity contribution in [3.8, 4) is 5.75 Å². The second-order valence-electron chi connectivity index (χ2n) is 7.89. The lowest BCUT2D eigenvalue weighted by Crippen LogP contribution is -2.39. The molecule has 0 atom stereocenters. The van der Waals surface area contributed by atoms with Crippen molar-refractivity contribution in [3.05, 3.63) is 90.0 Å². The number of nitrogens with zero attached hydrogens (tertiary/aromatic N) is 2. The van der Waals surface area contributed by atoms with Crippen molar-refractivity contribution in [1.29, 1.82) is 0 Å². The van der Waals surface area contributed by atoms with Crippen LogP contribution in [0.5, 0.6) is 5.75 Å². The highest BCUT2D eigenvalue weighted by Gasteiger charge is 2.27. The number of aryl methyl sites for hydroxylation is 2. The summed E-state index contributed by atoms with van der Waals surface area (Å²) in [7, 11) is -2.46. The van der Waals surface area contributed by atoms with E-state index in [-0.39, 0.29) is 4.90 Å². The summed E-state index contributed by atoms with van der Waals surface area (Å²) < 4.78 is 33.1. The Bertz CT molecular complexity index is 1220. The molecular formula is C26H29N3O4S. The molecule has 0 aliphatic rings. The topological polar surface area (TPSA) is 88.1 Å². The Morgan fingerprint density at radius 2 is 1.62 bits per heavy atom. The van der Waals surface area contributed by atoms with Gasteiger partial charge in [0, 0.05) is 5.71 Å². The molecule has 0 bridgehead atoms. The zero-order valence-corrected chi connectivity index (χ0v) is 20.4. The molecule has 0 saturated carbocycles. The summed E-state index contributed by atoms with van der Waals surface area (Å²) >= 11 is 0. The molecule has 178 valence electrons. The highest BCUT2D eigenvalue weighted by Crippen LogP contribution is 2.26. The Morgan fingerprint density at radius 1 is 0.971 bits per heavy atom. The summed E-state index contributed by atoms with van der Waals surface area (Å²) in [6.07, 6.45) is 1.47. The number of amides is 1. The van der Waals surface area contributed by atoms with E-state index in [4.69, 9.17) is 4.74 Å². The van der Waals surface area contributed by atoms with Crippen LogP contribution in [-0.4, -0.2) is 33.7 Å². The number of nitrogens with one attached hydrogen (secondary N) is 1. The molecule has 0 aliphatic carbocycles. The molecule has 0 fully saturated rings. The molecule has 34 heavy (non-hydrogen) atoms. The predicted octanol–water partition coefficient (Wildman–Crippen LogP) is 4.32. The van der Waals surface area contributed by atoms with Crippen molar-refractivity contribution >= 4 is 27.3 Å². The summed E-state index contributed by atoms with van der Waals surface area (Å²) in [5.74, 6) is 0.0464. The van der Waals surface area contributed by atoms with Gasteiger partial charge in [0.1, 0.15) is 12.3 Å². The van der Waals surface area contributed by atoms with Gasteiger partial charge in [-0.25, -0.2) is 13.8 Å². The summed E-state index contributed by atoms with van der Waals surface area (Å²) in [6.45, 7) is 3.29. The number of methoxy groups -OCH3 is 1. The zero-order valence-electron chi connectivity index (χ0n) is 19.6. The summed E-state index contributed by atoms with van der Waals surface area (Å²) in [5, 5.41) is 4.16. The number of rotatable bonds is 10. The monoisotopic (exact) mass is 479 g/mol. The van der Waals surface area contributed by atoms with Crippen LogP contribution in [0.4, 0.5) is 5.69 Å². The minimum Gasteiger partial charge on any atom is -0.497 e. The van der Waals surface area contributed by atoms with Gasteiger partial charge in [-0.2, -0.15) is 5.10 Å². The number of carbonyl (C=O) groups excluding carboxylic acids is 1. The molecule has 0 aromatic heterocycles. The van der Waals surface area contributed by atoms with Gasteiger partial charge in [-0.15, -0.1) is 0 Å².